The smallest absolute Gasteiger partial charge is 0.259 e. The number of aromatic nitrogens is 3. The second-order valence-electron chi connectivity index (χ2n) is 6.31. The van der Waals surface area contributed by atoms with Gasteiger partial charge < -0.3 is 9.64 Å². The van der Waals surface area contributed by atoms with Crippen molar-refractivity contribution in [2.45, 2.75) is 27.3 Å². The third kappa shape index (κ3) is 3.20. The van der Waals surface area contributed by atoms with Crippen molar-refractivity contribution < 1.29 is 9.53 Å². The maximum atomic E-state index is 12.9. The van der Waals surface area contributed by atoms with Gasteiger partial charge in [-0.25, -0.2) is 9.50 Å². The Kier molecular flexibility index (Phi) is 4.44. The Bertz CT molecular complexity index is 946. The van der Waals surface area contributed by atoms with Crippen LogP contribution in [0.2, 0.25) is 0 Å². The first-order valence-corrected chi connectivity index (χ1v) is 8.11. The predicted octanol–water partition coefficient (Wildman–Crippen LogP) is 2.94. The topological polar surface area (TPSA) is 59.7 Å². The summed E-state index contributed by atoms with van der Waals surface area (Å²) in [7, 11) is 3.41. The molecule has 6 nitrogen and oxygen atoms in total. The van der Waals surface area contributed by atoms with Gasteiger partial charge in [0.15, 0.2) is 5.65 Å². The van der Waals surface area contributed by atoms with Crippen LogP contribution in [0.5, 0.6) is 5.75 Å². The minimum absolute atomic E-state index is 0.115. The molecule has 130 valence electrons. The molecule has 0 saturated heterocycles. The van der Waals surface area contributed by atoms with Crippen LogP contribution in [-0.4, -0.2) is 39.6 Å². The molecule has 25 heavy (non-hydrogen) atoms. The molecule has 1 aromatic carbocycles. The molecular weight excluding hydrogens is 316 g/mol. The van der Waals surface area contributed by atoms with Gasteiger partial charge >= 0.3 is 0 Å². The Morgan fingerprint density at radius 2 is 2.00 bits per heavy atom. The third-order valence-corrected chi connectivity index (χ3v) is 4.20. The number of rotatable bonds is 4. The number of carbonyl (C=O) groups excluding carboxylic acids is 1. The standard InChI is InChI=1S/C19H22N4O2/c1-12-6-7-17(25-5)15(8-12)11-22(4)19(24)16-10-20-23-14(3)9-13(2)21-18(16)23/h6-10H,11H2,1-5H3. The van der Waals surface area contributed by atoms with Gasteiger partial charge in [-0.2, -0.15) is 5.10 Å². The van der Waals surface area contributed by atoms with Gasteiger partial charge in [-0.1, -0.05) is 17.7 Å². The lowest BCUT2D eigenvalue weighted by molar-refractivity contribution is 0.0786. The van der Waals surface area contributed by atoms with Gasteiger partial charge in [-0.05, 0) is 32.9 Å². The van der Waals surface area contributed by atoms with Crippen LogP contribution in [0.15, 0.2) is 30.5 Å². The minimum Gasteiger partial charge on any atom is -0.496 e. The van der Waals surface area contributed by atoms with Crippen molar-refractivity contribution in [2.24, 2.45) is 0 Å². The first-order chi connectivity index (χ1) is 11.9. The number of hydrogen-bond acceptors (Lipinski definition) is 4. The summed E-state index contributed by atoms with van der Waals surface area (Å²) in [5.41, 5.74) is 4.99. The molecule has 0 radical (unpaired) electrons. The number of methoxy groups -OCH3 is 1. The Balaban J connectivity index is 1.92. The van der Waals surface area contributed by atoms with Crippen molar-refractivity contribution in [3.63, 3.8) is 0 Å². The molecule has 0 fully saturated rings. The van der Waals surface area contributed by atoms with Crippen LogP contribution in [0.4, 0.5) is 0 Å². The van der Waals surface area contributed by atoms with Crippen LogP contribution in [0.25, 0.3) is 5.65 Å². The van der Waals surface area contributed by atoms with Crippen molar-refractivity contribution in [2.75, 3.05) is 14.2 Å². The van der Waals surface area contributed by atoms with Crippen LogP contribution in [-0.2, 0) is 6.54 Å². The first-order valence-electron chi connectivity index (χ1n) is 8.11. The summed E-state index contributed by atoms with van der Waals surface area (Å²) in [5, 5.41) is 4.30. The summed E-state index contributed by atoms with van der Waals surface area (Å²) >= 11 is 0. The fraction of sp³-hybridized carbons (Fsp3) is 0.316. The predicted molar refractivity (Wildman–Crippen MR) is 96.0 cm³/mol. The molecule has 6 heteroatoms. The van der Waals surface area contributed by atoms with E-state index in [0.29, 0.717) is 17.8 Å². The highest BCUT2D eigenvalue weighted by molar-refractivity contribution is 5.99. The minimum atomic E-state index is -0.115. The van der Waals surface area contributed by atoms with Crippen LogP contribution in [0, 0.1) is 20.8 Å². The highest BCUT2D eigenvalue weighted by atomic mass is 16.5. The maximum absolute atomic E-state index is 12.9. The summed E-state index contributed by atoms with van der Waals surface area (Å²) < 4.78 is 7.10. The van der Waals surface area contributed by atoms with Gasteiger partial charge in [-0.15, -0.1) is 0 Å². The number of nitrogens with zero attached hydrogens (tertiary/aromatic N) is 4. The molecule has 0 N–H and O–H groups in total. The molecule has 0 aliphatic rings. The zero-order chi connectivity index (χ0) is 18.1. The average molecular weight is 338 g/mol. The fourth-order valence-electron chi connectivity index (χ4n) is 2.99. The molecule has 0 saturated carbocycles. The number of benzene rings is 1. The van der Waals surface area contributed by atoms with Crippen molar-refractivity contribution >= 4 is 11.6 Å². The number of aryl methyl sites for hydroxylation is 3. The van der Waals surface area contributed by atoms with Gasteiger partial charge in [-0.3, -0.25) is 4.79 Å². The number of carbonyl (C=O) groups is 1. The molecule has 0 atom stereocenters. The highest BCUT2D eigenvalue weighted by Crippen LogP contribution is 2.22. The number of amides is 1. The van der Waals surface area contributed by atoms with Crippen LogP contribution in [0.3, 0.4) is 0 Å². The highest BCUT2D eigenvalue weighted by Gasteiger charge is 2.20. The van der Waals surface area contributed by atoms with Gasteiger partial charge in [0, 0.05) is 30.5 Å². The molecule has 2 aromatic heterocycles. The van der Waals surface area contributed by atoms with Gasteiger partial charge in [0.1, 0.15) is 11.3 Å². The number of hydrogen-bond donors (Lipinski definition) is 0. The Labute approximate surface area is 147 Å². The quantitative estimate of drug-likeness (QED) is 0.734. The van der Waals surface area contributed by atoms with Crippen molar-refractivity contribution in [1.82, 2.24) is 19.5 Å². The molecule has 1 amide bonds. The van der Waals surface area contributed by atoms with Gasteiger partial charge in [0.25, 0.3) is 5.91 Å². The molecule has 0 aliphatic carbocycles. The molecule has 0 spiro atoms. The van der Waals surface area contributed by atoms with E-state index in [9.17, 15) is 4.79 Å². The SMILES string of the molecule is COc1ccc(C)cc1CN(C)C(=O)c1cnn2c(C)cc(C)nc12. The number of fused-ring (bicyclic) bond motifs is 1. The van der Waals surface area contributed by atoms with E-state index in [2.05, 4.69) is 10.1 Å². The molecule has 3 rings (SSSR count). The van der Waals surface area contributed by atoms with E-state index in [1.54, 1.807) is 29.8 Å². The van der Waals surface area contributed by atoms with Gasteiger partial charge in [0.05, 0.1) is 13.3 Å². The Morgan fingerprint density at radius 1 is 1.24 bits per heavy atom. The zero-order valence-electron chi connectivity index (χ0n) is 15.2. The zero-order valence-corrected chi connectivity index (χ0v) is 15.2. The maximum Gasteiger partial charge on any atom is 0.259 e. The largest absolute Gasteiger partial charge is 0.496 e. The monoisotopic (exact) mass is 338 g/mol. The summed E-state index contributed by atoms with van der Waals surface area (Å²) in [6.07, 6.45) is 1.58. The lowest BCUT2D eigenvalue weighted by Crippen LogP contribution is -2.26. The molecule has 3 aromatic rings. The summed E-state index contributed by atoms with van der Waals surface area (Å²) in [6, 6.07) is 7.89. The average Bonchev–Trinajstić information content (AvgIpc) is 2.98. The molecule has 0 bridgehead atoms. The van der Waals surface area contributed by atoms with Crippen molar-refractivity contribution in [3.05, 3.63) is 58.5 Å². The third-order valence-electron chi connectivity index (χ3n) is 4.20. The first kappa shape index (κ1) is 17.0. The second kappa shape index (κ2) is 6.55. The van der Waals surface area contributed by atoms with Gasteiger partial charge in [0.2, 0.25) is 0 Å². The van der Waals surface area contributed by atoms with E-state index in [-0.39, 0.29) is 5.91 Å². The molecular formula is C19H22N4O2. The number of ether oxygens (including phenoxy) is 1. The van der Waals surface area contributed by atoms with Crippen LogP contribution in [0.1, 0.15) is 32.9 Å². The Hall–Kier alpha value is -2.89. The van der Waals surface area contributed by atoms with Crippen LogP contribution >= 0.6 is 0 Å². The second-order valence-corrected chi connectivity index (χ2v) is 6.31. The van der Waals surface area contributed by atoms with Crippen molar-refractivity contribution in [1.29, 1.82) is 0 Å². The fourth-order valence-corrected chi connectivity index (χ4v) is 2.99. The lowest BCUT2D eigenvalue weighted by atomic mass is 10.1. The van der Waals surface area contributed by atoms with E-state index in [0.717, 1.165) is 28.3 Å². The summed E-state index contributed by atoms with van der Waals surface area (Å²) in [6.45, 7) is 6.33. The van der Waals surface area contributed by atoms with E-state index in [4.69, 9.17) is 4.74 Å². The summed E-state index contributed by atoms with van der Waals surface area (Å²) in [4.78, 5) is 19.1. The van der Waals surface area contributed by atoms with E-state index < -0.39 is 0 Å². The molecule has 0 unspecified atom stereocenters. The normalized spacial score (nSPS) is 10.9. The van der Waals surface area contributed by atoms with E-state index in [1.165, 1.54) is 0 Å². The lowest BCUT2D eigenvalue weighted by Gasteiger charge is -2.19. The summed E-state index contributed by atoms with van der Waals surface area (Å²) in [5.74, 6) is 0.658. The Morgan fingerprint density at radius 3 is 2.72 bits per heavy atom. The van der Waals surface area contributed by atoms with Crippen molar-refractivity contribution in [3.8, 4) is 5.75 Å². The molecule has 2 heterocycles. The van der Waals surface area contributed by atoms with Crippen LogP contribution < -0.4 is 4.74 Å². The molecule has 0 aliphatic heterocycles. The van der Waals surface area contributed by atoms with E-state index >= 15 is 0 Å². The van der Waals surface area contributed by atoms with E-state index in [1.807, 2.05) is 45.0 Å².